The monoisotopic (exact) mass is 309 g/mol. The molecule has 0 heterocycles. The van der Waals surface area contributed by atoms with Gasteiger partial charge in [-0.05, 0) is 61.1 Å². The number of hydrogen-bond donors (Lipinski definition) is 1. The molecule has 0 aromatic heterocycles. The predicted molar refractivity (Wildman–Crippen MR) is 81.6 cm³/mol. The Hall–Kier alpha value is -0.340. The molecule has 100 valence electrons. The minimum atomic E-state index is 0.315. The van der Waals surface area contributed by atoms with Crippen LogP contribution in [0.4, 0.5) is 0 Å². The van der Waals surface area contributed by atoms with Gasteiger partial charge in [-0.25, -0.2) is 0 Å². The van der Waals surface area contributed by atoms with Gasteiger partial charge in [0.25, 0.3) is 0 Å². The SMILES string of the molecule is CC1(C)CCC(C(N)Cc2cccc(Br)c2)CC1. The van der Waals surface area contributed by atoms with Crippen molar-refractivity contribution in [3.8, 4) is 0 Å². The lowest BCUT2D eigenvalue weighted by Gasteiger charge is -2.36. The molecule has 0 radical (unpaired) electrons. The zero-order valence-corrected chi connectivity index (χ0v) is 13.0. The van der Waals surface area contributed by atoms with Crippen LogP contribution in [0.1, 0.15) is 45.1 Å². The second kappa shape index (κ2) is 5.75. The standard InChI is InChI=1S/C16H24BrN/c1-16(2)8-6-13(7-9-16)15(18)11-12-4-3-5-14(17)10-12/h3-5,10,13,15H,6-9,11,18H2,1-2H3. The average Bonchev–Trinajstić information content (AvgIpc) is 2.28. The lowest BCUT2D eigenvalue weighted by atomic mass is 9.70. The van der Waals surface area contributed by atoms with E-state index in [1.54, 1.807) is 0 Å². The fourth-order valence-corrected chi connectivity index (χ4v) is 3.40. The van der Waals surface area contributed by atoms with Crippen LogP contribution < -0.4 is 5.73 Å². The van der Waals surface area contributed by atoms with Crippen LogP contribution in [0.25, 0.3) is 0 Å². The molecule has 1 aromatic carbocycles. The number of halogens is 1. The first kappa shape index (κ1) is 14.1. The number of benzene rings is 1. The molecule has 0 aliphatic heterocycles. The van der Waals surface area contributed by atoms with E-state index in [-0.39, 0.29) is 0 Å². The Labute approximate surface area is 119 Å². The highest BCUT2D eigenvalue weighted by atomic mass is 79.9. The van der Waals surface area contributed by atoms with Crippen LogP contribution in [-0.2, 0) is 6.42 Å². The van der Waals surface area contributed by atoms with E-state index in [1.165, 1.54) is 31.2 Å². The molecule has 2 rings (SSSR count). The van der Waals surface area contributed by atoms with Crippen molar-refractivity contribution in [3.63, 3.8) is 0 Å². The van der Waals surface area contributed by atoms with Crippen molar-refractivity contribution >= 4 is 15.9 Å². The van der Waals surface area contributed by atoms with Gasteiger partial charge in [-0.1, -0.05) is 41.9 Å². The van der Waals surface area contributed by atoms with Gasteiger partial charge >= 0.3 is 0 Å². The molecule has 1 aliphatic rings. The van der Waals surface area contributed by atoms with Gasteiger partial charge in [0, 0.05) is 10.5 Å². The van der Waals surface area contributed by atoms with Gasteiger partial charge in [0.2, 0.25) is 0 Å². The second-order valence-electron chi connectivity index (χ2n) is 6.50. The van der Waals surface area contributed by atoms with E-state index in [0.717, 1.165) is 10.9 Å². The van der Waals surface area contributed by atoms with Crippen LogP contribution in [0.2, 0.25) is 0 Å². The van der Waals surface area contributed by atoms with Crippen molar-refractivity contribution in [3.05, 3.63) is 34.3 Å². The van der Waals surface area contributed by atoms with Crippen LogP contribution in [0.15, 0.2) is 28.7 Å². The Bertz CT molecular complexity index is 390. The Morgan fingerprint density at radius 2 is 2.00 bits per heavy atom. The van der Waals surface area contributed by atoms with E-state index >= 15 is 0 Å². The average molecular weight is 310 g/mol. The molecule has 1 aliphatic carbocycles. The molecule has 0 spiro atoms. The molecule has 1 saturated carbocycles. The van der Waals surface area contributed by atoms with E-state index in [0.29, 0.717) is 17.4 Å². The van der Waals surface area contributed by atoms with Crippen LogP contribution in [0, 0.1) is 11.3 Å². The molecule has 2 N–H and O–H groups in total. The fraction of sp³-hybridized carbons (Fsp3) is 0.625. The smallest absolute Gasteiger partial charge is 0.0178 e. The number of hydrogen-bond acceptors (Lipinski definition) is 1. The van der Waals surface area contributed by atoms with E-state index in [4.69, 9.17) is 5.73 Å². The Kier molecular flexibility index (Phi) is 4.50. The summed E-state index contributed by atoms with van der Waals surface area (Å²) in [5.41, 5.74) is 8.29. The topological polar surface area (TPSA) is 26.0 Å². The Morgan fingerprint density at radius 3 is 2.61 bits per heavy atom. The Morgan fingerprint density at radius 1 is 1.33 bits per heavy atom. The Balaban J connectivity index is 1.91. The third-order valence-electron chi connectivity index (χ3n) is 4.35. The summed E-state index contributed by atoms with van der Waals surface area (Å²) in [6.07, 6.45) is 6.24. The molecule has 0 bridgehead atoms. The van der Waals surface area contributed by atoms with Crippen molar-refractivity contribution in [2.45, 2.75) is 52.0 Å². The maximum absolute atomic E-state index is 6.40. The van der Waals surface area contributed by atoms with E-state index < -0.39 is 0 Å². The fourth-order valence-electron chi connectivity index (χ4n) is 2.95. The van der Waals surface area contributed by atoms with Gasteiger partial charge in [0.1, 0.15) is 0 Å². The summed E-state index contributed by atoms with van der Waals surface area (Å²) in [5, 5.41) is 0. The first-order chi connectivity index (χ1) is 8.46. The molecular formula is C16H24BrN. The number of nitrogens with two attached hydrogens (primary N) is 1. The zero-order chi connectivity index (χ0) is 13.2. The third kappa shape index (κ3) is 3.83. The zero-order valence-electron chi connectivity index (χ0n) is 11.5. The minimum Gasteiger partial charge on any atom is -0.327 e. The largest absolute Gasteiger partial charge is 0.327 e. The molecule has 0 saturated heterocycles. The van der Waals surface area contributed by atoms with Crippen molar-refractivity contribution in [1.29, 1.82) is 0 Å². The van der Waals surface area contributed by atoms with Crippen molar-refractivity contribution in [2.75, 3.05) is 0 Å². The highest BCUT2D eigenvalue weighted by Crippen LogP contribution is 2.39. The molecule has 1 unspecified atom stereocenters. The summed E-state index contributed by atoms with van der Waals surface area (Å²) in [5.74, 6) is 0.706. The van der Waals surface area contributed by atoms with Crippen LogP contribution in [0.5, 0.6) is 0 Å². The quantitative estimate of drug-likeness (QED) is 0.872. The molecule has 1 fully saturated rings. The summed E-state index contributed by atoms with van der Waals surface area (Å²) in [7, 11) is 0. The highest BCUT2D eigenvalue weighted by molar-refractivity contribution is 9.10. The van der Waals surface area contributed by atoms with Gasteiger partial charge in [-0.2, -0.15) is 0 Å². The lowest BCUT2D eigenvalue weighted by molar-refractivity contribution is 0.173. The minimum absolute atomic E-state index is 0.315. The van der Waals surface area contributed by atoms with Gasteiger partial charge in [0.05, 0.1) is 0 Å². The molecule has 2 heteroatoms. The van der Waals surface area contributed by atoms with E-state index in [9.17, 15) is 0 Å². The first-order valence-electron chi connectivity index (χ1n) is 6.96. The van der Waals surface area contributed by atoms with Gasteiger partial charge in [-0.15, -0.1) is 0 Å². The van der Waals surface area contributed by atoms with Crippen molar-refractivity contribution in [1.82, 2.24) is 0 Å². The maximum Gasteiger partial charge on any atom is 0.0178 e. The summed E-state index contributed by atoms with van der Waals surface area (Å²) in [6, 6.07) is 8.84. The summed E-state index contributed by atoms with van der Waals surface area (Å²) < 4.78 is 1.15. The van der Waals surface area contributed by atoms with Crippen LogP contribution >= 0.6 is 15.9 Å². The maximum atomic E-state index is 6.40. The van der Waals surface area contributed by atoms with E-state index in [2.05, 4.69) is 54.0 Å². The van der Waals surface area contributed by atoms with Gasteiger partial charge < -0.3 is 5.73 Å². The van der Waals surface area contributed by atoms with Crippen LogP contribution in [-0.4, -0.2) is 6.04 Å². The molecular weight excluding hydrogens is 286 g/mol. The summed E-state index contributed by atoms with van der Waals surface area (Å²) in [4.78, 5) is 0. The molecule has 18 heavy (non-hydrogen) atoms. The highest BCUT2D eigenvalue weighted by Gasteiger charge is 2.29. The normalized spacial score (nSPS) is 21.8. The first-order valence-corrected chi connectivity index (χ1v) is 7.76. The van der Waals surface area contributed by atoms with E-state index in [1.807, 2.05) is 0 Å². The summed E-state index contributed by atoms with van der Waals surface area (Å²) in [6.45, 7) is 4.76. The predicted octanol–water partition coefficient (Wildman–Crippen LogP) is 4.54. The lowest BCUT2D eigenvalue weighted by Crippen LogP contribution is -2.36. The van der Waals surface area contributed by atoms with Crippen molar-refractivity contribution < 1.29 is 0 Å². The molecule has 1 nitrogen and oxygen atoms in total. The van der Waals surface area contributed by atoms with Gasteiger partial charge in [0.15, 0.2) is 0 Å². The molecule has 0 amide bonds. The third-order valence-corrected chi connectivity index (χ3v) is 4.84. The molecule has 1 atom stereocenters. The molecule has 1 aromatic rings. The summed E-state index contributed by atoms with van der Waals surface area (Å²) >= 11 is 3.52. The van der Waals surface area contributed by atoms with Crippen LogP contribution in [0.3, 0.4) is 0 Å². The van der Waals surface area contributed by atoms with Gasteiger partial charge in [-0.3, -0.25) is 0 Å². The number of rotatable bonds is 3. The van der Waals surface area contributed by atoms with Crippen molar-refractivity contribution in [2.24, 2.45) is 17.1 Å². The second-order valence-corrected chi connectivity index (χ2v) is 7.42.